The molecule has 2 rings (SSSR count). The average Bonchev–Trinajstić information content (AvgIpc) is 2.86. The highest BCUT2D eigenvalue weighted by Crippen LogP contribution is 2.26. The van der Waals surface area contributed by atoms with Crippen molar-refractivity contribution in [3.05, 3.63) is 53.1 Å². The molecule has 2 unspecified atom stereocenters. The molecule has 0 radical (unpaired) electrons. The molecular weight excluding hydrogens is 258 g/mol. The minimum absolute atomic E-state index is 0.00255. The first-order valence-corrected chi connectivity index (χ1v) is 6.91. The maximum Gasteiger partial charge on any atom is 0.0954 e. The zero-order valence-electron chi connectivity index (χ0n) is 11.5. The molecule has 0 amide bonds. The van der Waals surface area contributed by atoms with Crippen LogP contribution in [0.3, 0.4) is 0 Å². The third-order valence-corrected chi connectivity index (χ3v) is 3.78. The standard InChI is InChI=1S/C15H20ClN3/c1-10(2)15(17)14-8-18-9-19(14)11(3)12-4-6-13(16)7-5-12/h4-11,15H,17H2,1-3H3. The Bertz CT molecular complexity index is 531. The van der Waals surface area contributed by atoms with E-state index in [0.29, 0.717) is 5.92 Å². The number of rotatable bonds is 4. The van der Waals surface area contributed by atoms with Crippen LogP contribution in [0.25, 0.3) is 0 Å². The second kappa shape index (κ2) is 5.76. The Labute approximate surface area is 119 Å². The van der Waals surface area contributed by atoms with Crippen molar-refractivity contribution >= 4 is 11.6 Å². The van der Waals surface area contributed by atoms with Gasteiger partial charge in [0.2, 0.25) is 0 Å². The van der Waals surface area contributed by atoms with Gasteiger partial charge in [-0.2, -0.15) is 0 Å². The summed E-state index contributed by atoms with van der Waals surface area (Å²) in [7, 11) is 0. The monoisotopic (exact) mass is 277 g/mol. The minimum Gasteiger partial charge on any atom is -0.326 e. The lowest BCUT2D eigenvalue weighted by atomic mass is 10.0. The summed E-state index contributed by atoms with van der Waals surface area (Å²) in [5, 5.41) is 0.751. The smallest absolute Gasteiger partial charge is 0.0954 e. The highest BCUT2D eigenvalue weighted by Gasteiger charge is 2.18. The molecule has 3 nitrogen and oxygen atoms in total. The van der Waals surface area contributed by atoms with E-state index in [9.17, 15) is 0 Å². The zero-order chi connectivity index (χ0) is 14.0. The number of imidazole rings is 1. The number of nitrogens with two attached hydrogens (primary N) is 1. The number of nitrogens with zero attached hydrogens (tertiary/aromatic N) is 2. The maximum atomic E-state index is 6.24. The van der Waals surface area contributed by atoms with Gasteiger partial charge in [0, 0.05) is 17.3 Å². The molecule has 1 heterocycles. The number of hydrogen-bond donors (Lipinski definition) is 1. The molecular formula is C15H20ClN3. The van der Waals surface area contributed by atoms with Crippen molar-refractivity contribution in [2.24, 2.45) is 11.7 Å². The van der Waals surface area contributed by atoms with Gasteiger partial charge in [-0.1, -0.05) is 37.6 Å². The molecule has 2 aromatic rings. The lowest BCUT2D eigenvalue weighted by molar-refractivity contribution is 0.468. The third kappa shape index (κ3) is 2.99. The Hall–Kier alpha value is -1.32. The predicted molar refractivity (Wildman–Crippen MR) is 79.3 cm³/mol. The SMILES string of the molecule is CC(C)C(N)c1cncn1C(C)c1ccc(Cl)cc1. The van der Waals surface area contributed by atoms with Gasteiger partial charge in [-0.3, -0.25) is 0 Å². The number of halogens is 1. The molecule has 1 aromatic carbocycles. The van der Waals surface area contributed by atoms with E-state index in [1.807, 2.05) is 36.8 Å². The third-order valence-electron chi connectivity index (χ3n) is 3.53. The van der Waals surface area contributed by atoms with Gasteiger partial charge in [0.25, 0.3) is 0 Å². The number of hydrogen-bond acceptors (Lipinski definition) is 2. The normalized spacial score (nSPS) is 14.6. The zero-order valence-corrected chi connectivity index (χ0v) is 12.3. The van der Waals surface area contributed by atoms with E-state index in [4.69, 9.17) is 17.3 Å². The summed E-state index contributed by atoms with van der Waals surface area (Å²) in [5.41, 5.74) is 8.50. The number of aromatic nitrogens is 2. The van der Waals surface area contributed by atoms with Crippen molar-refractivity contribution in [1.29, 1.82) is 0 Å². The summed E-state index contributed by atoms with van der Waals surface area (Å²) in [6, 6.07) is 8.09. The van der Waals surface area contributed by atoms with E-state index in [0.717, 1.165) is 10.7 Å². The van der Waals surface area contributed by atoms with Crippen molar-refractivity contribution < 1.29 is 0 Å². The van der Waals surface area contributed by atoms with Gasteiger partial charge in [0.15, 0.2) is 0 Å². The van der Waals surface area contributed by atoms with Gasteiger partial charge in [-0.25, -0.2) is 4.98 Å². The minimum atomic E-state index is -0.00255. The van der Waals surface area contributed by atoms with Crippen molar-refractivity contribution in [2.45, 2.75) is 32.9 Å². The first-order chi connectivity index (χ1) is 9.00. The molecule has 0 saturated heterocycles. The lowest BCUT2D eigenvalue weighted by Crippen LogP contribution is -2.22. The molecule has 2 atom stereocenters. The van der Waals surface area contributed by atoms with Crippen molar-refractivity contribution in [1.82, 2.24) is 9.55 Å². The van der Waals surface area contributed by atoms with E-state index < -0.39 is 0 Å². The lowest BCUT2D eigenvalue weighted by Gasteiger charge is -2.22. The van der Waals surface area contributed by atoms with Crippen LogP contribution in [0.5, 0.6) is 0 Å². The van der Waals surface area contributed by atoms with Gasteiger partial charge in [-0.05, 0) is 30.5 Å². The molecule has 0 saturated carbocycles. The highest BCUT2D eigenvalue weighted by atomic mass is 35.5. The summed E-state index contributed by atoms with van der Waals surface area (Å²) in [4.78, 5) is 4.25. The molecule has 0 bridgehead atoms. The van der Waals surface area contributed by atoms with Crippen LogP contribution in [-0.4, -0.2) is 9.55 Å². The van der Waals surface area contributed by atoms with E-state index in [-0.39, 0.29) is 12.1 Å². The molecule has 102 valence electrons. The highest BCUT2D eigenvalue weighted by molar-refractivity contribution is 6.30. The molecule has 0 aliphatic carbocycles. The van der Waals surface area contributed by atoms with E-state index in [1.165, 1.54) is 5.56 Å². The van der Waals surface area contributed by atoms with Gasteiger partial charge in [0.1, 0.15) is 0 Å². The molecule has 0 aliphatic rings. The molecule has 0 aliphatic heterocycles. The average molecular weight is 278 g/mol. The summed E-state index contributed by atoms with van der Waals surface area (Å²) in [6.45, 7) is 6.38. The first-order valence-electron chi connectivity index (χ1n) is 6.53. The Kier molecular flexibility index (Phi) is 4.27. The van der Waals surface area contributed by atoms with E-state index in [1.54, 1.807) is 0 Å². The second-order valence-electron chi connectivity index (χ2n) is 5.22. The van der Waals surface area contributed by atoms with E-state index in [2.05, 4.69) is 30.3 Å². The van der Waals surface area contributed by atoms with Gasteiger partial charge in [0.05, 0.1) is 18.1 Å². The van der Waals surface area contributed by atoms with Gasteiger partial charge < -0.3 is 10.3 Å². The Balaban J connectivity index is 2.32. The fraction of sp³-hybridized carbons (Fsp3) is 0.400. The van der Waals surface area contributed by atoms with Crippen LogP contribution in [0.1, 0.15) is 44.1 Å². The summed E-state index contributed by atoms with van der Waals surface area (Å²) < 4.78 is 2.13. The van der Waals surface area contributed by atoms with Crippen molar-refractivity contribution in [3.8, 4) is 0 Å². The second-order valence-corrected chi connectivity index (χ2v) is 5.66. The summed E-state index contributed by atoms with van der Waals surface area (Å²) >= 11 is 5.93. The quantitative estimate of drug-likeness (QED) is 0.924. The molecule has 0 spiro atoms. The van der Waals surface area contributed by atoms with Crippen LogP contribution in [0.2, 0.25) is 5.02 Å². The maximum absolute atomic E-state index is 6.24. The fourth-order valence-corrected chi connectivity index (χ4v) is 2.27. The van der Waals surface area contributed by atoms with Crippen LogP contribution in [0.4, 0.5) is 0 Å². The van der Waals surface area contributed by atoms with Crippen molar-refractivity contribution in [3.63, 3.8) is 0 Å². The Morgan fingerprint density at radius 2 is 1.79 bits per heavy atom. The summed E-state index contributed by atoms with van der Waals surface area (Å²) in [5.74, 6) is 0.382. The van der Waals surface area contributed by atoms with Crippen LogP contribution in [0, 0.1) is 5.92 Å². The summed E-state index contributed by atoms with van der Waals surface area (Å²) in [6.07, 6.45) is 3.70. The first kappa shape index (κ1) is 14.1. The predicted octanol–water partition coefficient (Wildman–Crippen LogP) is 3.80. The largest absolute Gasteiger partial charge is 0.326 e. The van der Waals surface area contributed by atoms with Crippen molar-refractivity contribution in [2.75, 3.05) is 0 Å². The van der Waals surface area contributed by atoms with E-state index >= 15 is 0 Å². The fourth-order valence-electron chi connectivity index (χ4n) is 2.14. The van der Waals surface area contributed by atoms with Gasteiger partial charge in [-0.15, -0.1) is 0 Å². The van der Waals surface area contributed by atoms with Crippen LogP contribution < -0.4 is 5.73 Å². The topological polar surface area (TPSA) is 43.8 Å². The Morgan fingerprint density at radius 3 is 2.37 bits per heavy atom. The molecule has 2 N–H and O–H groups in total. The van der Waals surface area contributed by atoms with Crippen LogP contribution >= 0.6 is 11.6 Å². The van der Waals surface area contributed by atoms with Crippen LogP contribution in [-0.2, 0) is 0 Å². The molecule has 0 fully saturated rings. The van der Waals surface area contributed by atoms with Crippen LogP contribution in [0.15, 0.2) is 36.8 Å². The number of benzene rings is 1. The molecule has 19 heavy (non-hydrogen) atoms. The molecule has 1 aromatic heterocycles. The Morgan fingerprint density at radius 1 is 1.16 bits per heavy atom. The molecule has 4 heteroatoms. The van der Waals surface area contributed by atoms with Gasteiger partial charge >= 0.3 is 0 Å².